The van der Waals surface area contributed by atoms with Gasteiger partial charge >= 0.3 is 0 Å². The molecule has 0 atom stereocenters. The molecule has 0 aliphatic rings. The highest BCUT2D eigenvalue weighted by Gasteiger charge is 2.18. The summed E-state index contributed by atoms with van der Waals surface area (Å²) in [6.07, 6.45) is 0. The van der Waals surface area contributed by atoms with Crippen molar-refractivity contribution in [2.75, 3.05) is 0 Å². The van der Waals surface area contributed by atoms with Gasteiger partial charge in [-0.25, -0.2) is 4.98 Å². The van der Waals surface area contributed by atoms with Gasteiger partial charge in [-0.3, -0.25) is 0 Å². The van der Waals surface area contributed by atoms with Crippen LogP contribution in [0, 0.1) is 6.92 Å². The average Bonchev–Trinajstić information content (AvgIpc) is 2.41. The van der Waals surface area contributed by atoms with Crippen LogP contribution in [0.15, 0.2) is 0 Å². The van der Waals surface area contributed by atoms with Crippen molar-refractivity contribution in [2.45, 2.75) is 53.2 Å². The zero-order chi connectivity index (χ0) is 10.9. The number of hydrogen-bond acceptors (Lipinski definition) is 2. The van der Waals surface area contributed by atoms with E-state index in [1.165, 1.54) is 5.69 Å². The second-order valence-corrected chi connectivity index (χ2v) is 4.27. The van der Waals surface area contributed by atoms with Gasteiger partial charge in [0.05, 0.1) is 12.3 Å². The van der Waals surface area contributed by atoms with Gasteiger partial charge in [-0.2, -0.15) is 0 Å². The van der Waals surface area contributed by atoms with Crippen LogP contribution in [0.2, 0.25) is 0 Å². The van der Waals surface area contributed by atoms with Crippen molar-refractivity contribution in [3.63, 3.8) is 0 Å². The molecule has 3 heteroatoms. The monoisotopic (exact) mass is 196 g/mol. The molecule has 80 valence electrons. The minimum Gasteiger partial charge on any atom is -0.390 e. The van der Waals surface area contributed by atoms with Crippen molar-refractivity contribution in [1.29, 1.82) is 0 Å². The van der Waals surface area contributed by atoms with Crippen LogP contribution in [0.25, 0.3) is 0 Å². The van der Waals surface area contributed by atoms with Crippen LogP contribution in [0.5, 0.6) is 0 Å². The van der Waals surface area contributed by atoms with E-state index in [0.29, 0.717) is 12.0 Å². The minimum atomic E-state index is 0.0358. The largest absolute Gasteiger partial charge is 0.390 e. The van der Waals surface area contributed by atoms with Crippen molar-refractivity contribution in [1.82, 2.24) is 9.55 Å². The molecule has 0 radical (unpaired) electrons. The number of aliphatic hydroxyl groups excluding tert-OH is 1. The molecule has 1 rings (SSSR count). The van der Waals surface area contributed by atoms with E-state index >= 15 is 0 Å². The number of aliphatic hydroxyl groups is 1. The van der Waals surface area contributed by atoms with Crippen molar-refractivity contribution < 1.29 is 5.11 Å². The standard InChI is InChI=1S/C11H20N2O/c1-7(2)11-10(6-14)12-9(5)13(11)8(3)4/h7-8,14H,6H2,1-5H3. The van der Waals surface area contributed by atoms with Crippen molar-refractivity contribution in [3.8, 4) is 0 Å². The third kappa shape index (κ3) is 1.82. The molecule has 1 aromatic heterocycles. The molecule has 3 nitrogen and oxygen atoms in total. The van der Waals surface area contributed by atoms with Crippen LogP contribution in [0.1, 0.15) is 56.9 Å². The molecular weight excluding hydrogens is 176 g/mol. The number of rotatable bonds is 3. The maximum absolute atomic E-state index is 9.21. The second-order valence-electron chi connectivity index (χ2n) is 4.27. The van der Waals surface area contributed by atoms with Crippen LogP contribution in [-0.2, 0) is 6.61 Å². The molecular formula is C11H20N2O. The molecule has 0 saturated carbocycles. The number of nitrogens with zero attached hydrogens (tertiary/aromatic N) is 2. The molecule has 0 aliphatic carbocycles. The first kappa shape index (κ1) is 11.2. The topological polar surface area (TPSA) is 38.1 Å². The zero-order valence-corrected chi connectivity index (χ0v) is 9.70. The zero-order valence-electron chi connectivity index (χ0n) is 9.70. The fourth-order valence-corrected chi connectivity index (χ4v) is 2.00. The van der Waals surface area contributed by atoms with Crippen molar-refractivity contribution in [3.05, 3.63) is 17.2 Å². The Morgan fingerprint density at radius 3 is 2.21 bits per heavy atom. The van der Waals surface area contributed by atoms with Crippen LogP contribution in [-0.4, -0.2) is 14.7 Å². The summed E-state index contributed by atoms with van der Waals surface area (Å²) in [7, 11) is 0. The summed E-state index contributed by atoms with van der Waals surface area (Å²) in [6.45, 7) is 10.6. The van der Waals surface area contributed by atoms with E-state index in [4.69, 9.17) is 0 Å². The fraction of sp³-hybridized carbons (Fsp3) is 0.727. The summed E-state index contributed by atoms with van der Waals surface area (Å²) in [6, 6.07) is 0.403. The van der Waals surface area contributed by atoms with Crippen LogP contribution >= 0.6 is 0 Å². The molecule has 1 heterocycles. The van der Waals surface area contributed by atoms with Gasteiger partial charge in [-0.05, 0) is 26.7 Å². The smallest absolute Gasteiger partial charge is 0.106 e. The maximum Gasteiger partial charge on any atom is 0.106 e. The summed E-state index contributed by atoms with van der Waals surface area (Å²) in [4.78, 5) is 4.38. The molecule has 0 aliphatic heterocycles. The van der Waals surface area contributed by atoms with E-state index in [2.05, 4.69) is 37.2 Å². The van der Waals surface area contributed by atoms with Gasteiger partial charge in [0.25, 0.3) is 0 Å². The molecule has 1 N–H and O–H groups in total. The first-order valence-corrected chi connectivity index (χ1v) is 5.17. The van der Waals surface area contributed by atoms with E-state index in [-0.39, 0.29) is 6.61 Å². The van der Waals surface area contributed by atoms with E-state index in [0.717, 1.165) is 11.5 Å². The van der Waals surface area contributed by atoms with Gasteiger partial charge in [0.2, 0.25) is 0 Å². The normalized spacial score (nSPS) is 11.7. The van der Waals surface area contributed by atoms with Gasteiger partial charge in [0.1, 0.15) is 5.82 Å². The Morgan fingerprint density at radius 1 is 1.29 bits per heavy atom. The first-order chi connectivity index (χ1) is 6.49. The molecule has 14 heavy (non-hydrogen) atoms. The SMILES string of the molecule is Cc1nc(CO)c(C(C)C)n1C(C)C. The Hall–Kier alpha value is -0.830. The lowest BCUT2D eigenvalue weighted by Crippen LogP contribution is -2.09. The number of aromatic nitrogens is 2. The quantitative estimate of drug-likeness (QED) is 0.806. The Bertz CT molecular complexity index is 313. The van der Waals surface area contributed by atoms with Crippen LogP contribution in [0.3, 0.4) is 0 Å². The molecule has 1 aromatic rings. The highest BCUT2D eigenvalue weighted by molar-refractivity contribution is 5.20. The van der Waals surface area contributed by atoms with E-state index in [1.54, 1.807) is 0 Å². The molecule has 0 fully saturated rings. The average molecular weight is 196 g/mol. The Labute approximate surface area is 85.8 Å². The summed E-state index contributed by atoms with van der Waals surface area (Å²) in [5.74, 6) is 1.40. The first-order valence-electron chi connectivity index (χ1n) is 5.17. The van der Waals surface area contributed by atoms with Crippen LogP contribution < -0.4 is 0 Å². The Kier molecular flexibility index (Phi) is 3.32. The van der Waals surface area contributed by atoms with E-state index in [1.807, 2.05) is 6.92 Å². The predicted octanol–water partition coefficient (Wildman–Crippen LogP) is 2.39. The third-order valence-electron chi connectivity index (χ3n) is 2.41. The van der Waals surface area contributed by atoms with Gasteiger partial charge < -0.3 is 9.67 Å². The summed E-state index contributed by atoms with van der Waals surface area (Å²) >= 11 is 0. The molecule has 0 aromatic carbocycles. The summed E-state index contributed by atoms with van der Waals surface area (Å²) < 4.78 is 2.20. The molecule has 0 bridgehead atoms. The third-order valence-corrected chi connectivity index (χ3v) is 2.41. The Morgan fingerprint density at radius 2 is 1.86 bits per heavy atom. The fourth-order valence-electron chi connectivity index (χ4n) is 2.00. The highest BCUT2D eigenvalue weighted by atomic mass is 16.3. The molecule has 0 saturated heterocycles. The Balaban J connectivity index is 3.31. The molecule has 0 amide bonds. The predicted molar refractivity (Wildman–Crippen MR) is 57.4 cm³/mol. The van der Waals surface area contributed by atoms with E-state index in [9.17, 15) is 5.11 Å². The van der Waals surface area contributed by atoms with Gasteiger partial charge in [0.15, 0.2) is 0 Å². The number of aryl methyl sites for hydroxylation is 1. The van der Waals surface area contributed by atoms with Gasteiger partial charge in [0, 0.05) is 11.7 Å². The molecule has 0 unspecified atom stereocenters. The van der Waals surface area contributed by atoms with Crippen molar-refractivity contribution in [2.24, 2.45) is 0 Å². The lowest BCUT2D eigenvalue weighted by atomic mass is 10.1. The lowest BCUT2D eigenvalue weighted by Gasteiger charge is -2.17. The summed E-state index contributed by atoms with van der Waals surface area (Å²) in [5, 5.41) is 9.21. The van der Waals surface area contributed by atoms with Gasteiger partial charge in [-0.15, -0.1) is 0 Å². The minimum absolute atomic E-state index is 0.0358. The van der Waals surface area contributed by atoms with Crippen LogP contribution in [0.4, 0.5) is 0 Å². The number of imidazole rings is 1. The number of hydrogen-bond donors (Lipinski definition) is 1. The summed E-state index contributed by atoms with van der Waals surface area (Å²) in [5.41, 5.74) is 1.99. The lowest BCUT2D eigenvalue weighted by molar-refractivity contribution is 0.275. The highest BCUT2D eigenvalue weighted by Crippen LogP contribution is 2.24. The maximum atomic E-state index is 9.21. The van der Waals surface area contributed by atoms with Gasteiger partial charge in [-0.1, -0.05) is 13.8 Å². The molecule has 0 spiro atoms. The second kappa shape index (κ2) is 4.13. The van der Waals surface area contributed by atoms with E-state index < -0.39 is 0 Å². The van der Waals surface area contributed by atoms with Crippen molar-refractivity contribution >= 4 is 0 Å².